The van der Waals surface area contributed by atoms with Crippen LogP contribution in [0.25, 0.3) is 5.52 Å². The lowest BCUT2D eigenvalue weighted by Crippen LogP contribution is -2.45. The smallest absolute Gasteiger partial charge is 0.241 e. The summed E-state index contributed by atoms with van der Waals surface area (Å²) in [6.07, 6.45) is 1.21. The Labute approximate surface area is 156 Å². The molecular weight excluding hydrogens is 370 g/mol. The first kappa shape index (κ1) is 20.1. The topological polar surface area (TPSA) is 87.4 Å². The average molecular weight is 393 g/mol. The predicted octanol–water partition coefficient (Wildman–Crippen LogP) is 2.19. The lowest BCUT2D eigenvalue weighted by molar-refractivity contribution is 0.0525. The third-order valence-electron chi connectivity index (χ3n) is 4.54. The second kappa shape index (κ2) is 7.57. The van der Waals surface area contributed by atoms with Crippen LogP contribution in [-0.4, -0.2) is 55.6 Å². The normalized spacial score (nSPS) is 22.5. The maximum absolute atomic E-state index is 14.0. The van der Waals surface area contributed by atoms with Gasteiger partial charge in [-0.05, 0) is 26.8 Å². The molecule has 0 bridgehead atoms. The van der Waals surface area contributed by atoms with E-state index in [9.17, 15) is 9.50 Å². The summed E-state index contributed by atoms with van der Waals surface area (Å²) in [7, 11) is 0. The van der Waals surface area contributed by atoms with E-state index in [0.29, 0.717) is 30.3 Å². The molecule has 0 aliphatic carbocycles. The number of aromatic nitrogens is 4. The number of aliphatic hydroxyl groups is 1. The molecule has 3 N–H and O–H groups in total. The minimum absolute atomic E-state index is 0. The van der Waals surface area contributed by atoms with Gasteiger partial charge in [-0.3, -0.25) is 0 Å². The number of fused-ring (bicyclic) bond motifs is 1. The van der Waals surface area contributed by atoms with Crippen LogP contribution in [0.4, 0.5) is 10.3 Å². The Morgan fingerprint density at radius 3 is 2.88 bits per heavy atom. The summed E-state index contributed by atoms with van der Waals surface area (Å²) in [5, 5.41) is 21.0. The zero-order valence-electron chi connectivity index (χ0n) is 14.3. The summed E-state index contributed by atoms with van der Waals surface area (Å²) in [6.45, 7) is 6.33. The van der Waals surface area contributed by atoms with Gasteiger partial charge in [0, 0.05) is 12.5 Å². The Kier molecular flexibility index (Phi) is 6.09. The molecule has 1 aliphatic heterocycles. The van der Waals surface area contributed by atoms with Crippen molar-refractivity contribution in [1.29, 1.82) is 0 Å². The highest BCUT2D eigenvalue weighted by molar-refractivity contribution is 6.32. The number of alkyl halides is 1. The van der Waals surface area contributed by atoms with Gasteiger partial charge >= 0.3 is 0 Å². The van der Waals surface area contributed by atoms with Crippen molar-refractivity contribution in [2.75, 3.05) is 18.4 Å². The van der Waals surface area contributed by atoms with Crippen LogP contribution in [0, 0.1) is 0 Å². The highest BCUT2D eigenvalue weighted by Crippen LogP contribution is 2.29. The minimum Gasteiger partial charge on any atom is -0.390 e. The summed E-state index contributed by atoms with van der Waals surface area (Å²) in [5.74, 6) is 0.554. The maximum atomic E-state index is 14.0. The van der Waals surface area contributed by atoms with Crippen molar-refractivity contribution >= 4 is 35.5 Å². The fourth-order valence-electron chi connectivity index (χ4n) is 2.68. The van der Waals surface area contributed by atoms with Gasteiger partial charge in [0.05, 0.1) is 17.8 Å². The third kappa shape index (κ3) is 4.13. The summed E-state index contributed by atoms with van der Waals surface area (Å²) in [4.78, 5) is 8.53. The molecule has 1 aliphatic rings. The fraction of sp³-hybridized carbons (Fsp3) is 0.667. The van der Waals surface area contributed by atoms with E-state index in [2.05, 4.69) is 25.7 Å². The van der Waals surface area contributed by atoms with E-state index < -0.39 is 11.8 Å². The molecular formula is C15H23Cl2FN6O. The first-order chi connectivity index (χ1) is 11.3. The molecule has 1 fully saturated rings. The van der Waals surface area contributed by atoms with Crippen LogP contribution < -0.4 is 10.6 Å². The van der Waals surface area contributed by atoms with Crippen LogP contribution in [0.15, 0.2) is 6.20 Å². The quantitative estimate of drug-likeness (QED) is 0.738. The number of imidazole rings is 1. The Bertz CT molecular complexity index is 735. The first-order valence-electron chi connectivity index (χ1n) is 8.02. The van der Waals surface area contributed by atoms with Gasteiger partial charge in [0.1, 0.15) is 17.5 Å². The summed E-state index contributed by atoms with van der Waals surface area (Å²) in [6, 6.07) is -0.335. The second-order valence-corrected chi connectivity index (χ2v) is 7.13. The second-order valence-electron chi connectivity index (χ2n) is 6.77. The molecule has 3 atom stereocenters. The molecule has 140 valence electrons. The average Bonchev–Trinajstić information content (AvgIpc) is 2.84. The van der Waals surface area contributed by atoms with E-state index >= 15 is 0 Å². The number of nitrogens with zero attached hydrogens (tertiary/aromatic N) is 4. The van der Waals surface area contributed by atoms with E-state index in [-0.39, 0.29) is 29.5 Å². The van der Waals surface area contributed by atoms with Crippen molar-refractivity contribution < 1.29 is 9.50 Å². The molecule has 0 amide bonds. The van der Waals surface area contributed by atoms with Crippen LogP contribution in [0.3, 0.4) is 0 Å². The van der Waals surface area contributed by atoms with Gasteiger partial charge in [-0.1, -0.05) is 18.5 Å². The minimum atomic E-state index is -1.00. The molecule has 0 aromatic carbocycles. The molecule has 0 radical (unpaired) electrons. The van der Waals surface area contributed by atoms with Gasteiger partial charge in [-0.2, -0.15) is 0 Å². The summed E-state index contributed by atoms with van der Waals surface area (Å²) in [5.41, 5.74) is -0.433. The number of anilines is 1. The van der Waals surface area contributed by atoms with Crippen molar-refractivity contribution in [3.63, 3.8) is 0 Å². The Balaban J connectivity index is 0.00000225. The summed E-state index contributed by atoms with van der Waals surface area (Å²) < 4.78 is 15.5. The molecule has 0 spiro atoms. The SMILES string of the molecule is CC(c1nc(Cl)c2cnc(N[C@H]3CCNC[C@H]3F)nn12)C(C)(C)O.Cl. The molecule has 3 heterocycles. The fourth-order valence-corrected chi connectivity index (χ4v) is 2.90. The third-order valence-corrected chi connectivity index (χ3v) is 4.82. The van der Waals surface area contributed by atoms with Gasteiger partial charge in [0.25, 0.3) is 0 Å². The zero-order valence-corrected chi connectivity index (χ0v) is 15.9. The molecule has 3 rings (SSSR count). The van der Waals surface area contributed by atoms with Crippen LogP contribution in [0.2, 0.25) is 5.15 Å². The summed E-state index contributed by atoms with van der Waals surface area (Å²) >= 11 is 6.16. The van der Waals surface area contributed by atoms with E-state index in [1.165, 1.54) is 0 Å². The Morgan fingerprint density at radius 2 is 2.24 bits per heavy atom. The van der Waals surface area contributed by atoms with E-state index in [4.69, 9.17) is 11.6 Å². The highest BCUT2D eigenvalue weighted by Gasteiger charge is 2.30. The number of hydrogen-bond acceptors (Lipinski definition) is 6. The number of halogens is 3. The standard InChI is InChI=1S/C15H22ClFN6O.ClH/c1-8(15(2,3)24)13-21-12(16)11-7-19-14(22-23(11)13)20-10-4-5-18-6-9(10)17;/h7-10,18,24H,4-6H2,1-3H3,(H,20,22);1H/t8?,9-,10+;/m1./s1. The predicted molar refractivity (Wildman–Crippen MR) is 97.5 cm³/mol. The molecule has 2 aromatic rings. The van der Waals surface area contributed by atoms with Crippen molar-refractivity contribution in [2.45, 2.75) is 50.9 Å². The number of rotatable bonds is 4. The zero-order chi connectivity index (χ0) is 17.5. The van der Waals surface area contributed by atoms with Crippen LogP contribution in [0.5, 0.6) is 0 Å². The molecule has 1 saturated heterocycles. The molecule has 10 heteroatoms. The Morgan fingerprint density at radius 1 is 1.52 bits per heavy atom. The molecule has 1 unspecified atom stereocenters. The largest absolute Gasteiger partial charge is 0.390 e. The van der Waals surface area contributed by atoms with Crippen LogP contribution in [0.1, 0.15) is 38.9 Å². The molecule has 0 saturated carbocycles. The van der Waals surface area contributed by atoms with Crippen molar-refractivity contribution in [3.05, 3.63) is 17.2 Å². The number of piperidine rings is 1. The van der Waals surface area contributed by atoms with Crippen molar-refractivity contribution in [2.24, 2.45) is 0 Å². The van der Waals surface area contributed by atoms with Gasteiger partial charge in [0.2, 0.25) is 5.95 Å². The molecule has 7 nitrogen and oxygen atoms in total. The Hall–Kier alpha value is -1.22. The monoisotopic (exact) mass is 392 g/mol. The highest BCUT2D eigenvalue weighted by atomic mass is 35.5. The lowest BCUT2D eigenvalue weighted by atomic mass is 9.92. The molecule has 25 heavy (non-hydrogen) atoms. The van der Waals surface area contributed by atoms with E-state index in [1.807, 2.05) is 6.92 Å². The van der Waals surface area contributed by atoms with Gasteiger partial charge in [-0.15, -0.1) is 17.5 Å². The lowest BCUT2D eigenvalue weighted by Gasteiger charge is -2.27. The van der Waals surface area contributed by atoms with E-state index in [1.54, 1.807) is 24.6 Å². The van der Waals surface area contributed by atoms with E-state index in [0.717, 1.165) is 6.54 Å². The van der Waals surface area contributed by atoms with Crippen molar-refractivity contribution in [1.82, 2.24) is 24.9 Å². The van der Waals surface area contributed by atoms with Crippen molar-refractivity contribution in [3.8, 4) is 0 Å². The van der Waals surface area contributed by atoms with Crippen LogP contribution >= 0.6 is 24.0 Å². The van der Waals surface area contributed by atoms with Crippen LogP contribution in [-0.2, 0) is 0 Å². The maximum Gasteiger partial charge on any atom is 0.241 e. The number of hydrogen-bond donors (Lipinski definition) is 3. The van der Waals surface area contributed by atoms with Gasteiger partial charge in [0.15, 0.2) is 5.15 Å². The van der Waals surface area contributed by atoms with Gasteiger partial charge < -0.3 is 15.7 Å². The first-order valence-corrected chi connectivity index (χ1v) is 8.40. The molecule has 2 aromatic heterocycles. The number of nitrogens with one attached hydrogen (secondary N) is 2. The van der Waals surface area contributed by atoms with Gasteiger partial charge in [-0.25, -0.2) is 18.9 Å².